The van der Waals surface area contributed by atoms with Crippen molar-refractivity contribution in [2.75, 3.05) is 5.73 Å². The van der Waals surface area contributed by atoms with Crippen molar-refractivity contribution in [3.05, 3.63) is 65.1 Å². The zero-order valence-electron chi connectivity index (χ0n) is 14.9. The second kappa shape index (κ2) is 7.53. The van der Waals surface area contributed by atoms with E-state index in [1.807, 2.05) is 43.3 Å². The fourth-order valence-electron chi connectivity index (χ4n) is 2.52. The third-order valence-electron chi connectivity index (χ3n) is 3.90. The van der Waals surface area contributed by atoms with Gasteiger partial charge in [0.1, 0.15) is 21.5 Å². The SMILES string of the molecule is Cc1ccc(-n2cc(C(=O)NCc3nnc(-c4ccccc4)s3)nn2)c(N)n1. The first-order valence-electron chi connectivity index (χ1n) is 8.42. The molecule has 3 heterocycles. The maximum Gasteiger partial charge on any atom is 0.273 e. The van der Waals surface area contributed by atoms with Crippen LogP contribution in [-0.4, -0.2) is 36.1 Å². The van der Waals surface area contributed by atoms with E-state index in [2.05, 4.69) is 30.8 Å². The lowest BCUT2D eigenvalue weighted by Gasteiger charge is -2.04. The van der Waals surface area contributed by atoms with Crippen LogP contribution in [0.4, 0.5) is 5.82 Å². The number of rotatable bonds is 5. The number of anilines is 1. The van der Waals surface area contributed by atoms with Crippen molar-refractivity contribution in [1.82, 2.24) is 35.5 Å². The van der Waals surface area contributed by atoms with E-state index in [0.717, 1.165) is 16.3 Å². The maximum atomic E-state index is 12.4. The first kappa shape index (κ1) is 17.7. The van der Waals surface area contributed by atoms with Gasteiger partial charge in [-0.2, -0.15) is 0 Å². The molecular weight excluding hydrogens is 376 g/mol. The Morgan fingerprint density at radius 1 is 1.14 bits per heavy atom. The van der Waals surface area contributed by atoms with Crippen LogP contribution in [0.5, 0.6) is 0 Å². The number of nitrogens with zero attached hydrogens (tertiary/aromatic N) is 6. The first-order valence-corrected chi connectivity index (χ1v) is 9.23. The summed E-state index contributed by atoms with van der Waals surface area (Å²) in [5.74, 6) is -0.0412. The van der Waals surface area contributed by atoms with Crippen LogP contribution in [0, 0.1) is 6.92 Å². The van der Waals surface area contributed by atoms with Crippen LogP contribution in [0.15, 0.2) is 48.7 Å². The molecule has 10 heteroatoms. The zero-order chi connectivity index (χ0) is 19.5. The van der Waals surface area contributed by atoms with E-state index in [1.165, 1.54) is 22.2 Å². The van der Waals surface area contributed by atoms with Crippen molar-refractivity contribution < 1.29 is 4.79 Å². The summed E-state index contributed by atoms with van der Waals surface area (Å²) < 4.78 is 1.43. The molecule has 0 aliphatic carbocycles. The number of hydrogen-bond donors (Lipinski definition) is 2. The molecule has 0 saturated carbocycles. The number of benzene rings is 1. The largest absolute Gasteiger partial charge is 0.382 e. The lowest BCUT2D eigenvalue weighted by atomic mass is 10.2. The first-order chi connectivity index (χ1) is 13.6. The van der Waals surface area contributed by atoms with Crippen molar-refractivity contribution in [3.8, 4) is 16.3 Å². The third kappa shape index (κ3) is 3.71. The second-order valence-electron chi connectivity index (χ2n) is 5.96. The van der Waals surface area contributed by atoms with Crippen molar-refractivity contribution in [2.24, 2.45) is 0 Å². The Labute approximate surface area is 164 Å². The molecule has 0 spiro atoms. The predicted octanol–water partition coefficient (Wildman–Crippen LogP) is 2.00. The lowest BCUT2D eigenvalue weighted by molar-refractivity contribution is 0.0945. The third-order valence-corrected chi connectivity index (χ3v) is 4.87. The molecule has 3 N–H and O–H groups in total. The highest BCUT2D eigenvalue weighted by molar-refractivity contribution is 7.14. The molecule has 0 unspecified atom stereocenters. The standard InChI is InChI=1S/C18H16N8OS/c1-11-7-8-14(16(19)21-11)26-10-13(22-25-26)17(27)20-9-15-23-24-18(28-15)12-5-3-2-4-6-12/h2-8,10H,9H2,1H3,(H2,19,21)(H,20,27). The number of amides is 1. The Morgan fingerprint density at radius 2 is 1.96 bits per heavy atom. The molecule has 28 heavy (non-hydrogen) atoms. The van der Waals surface area contributed by atoms with Gasteiger partial charge in [-0.25, -0.2) is 9.67 Å². The van der Waals surface area contributed by atoms with Gasteiger partial charge < -0.3 is 11.1 Å². The predicted molar refractivity (Wildman–Crippen MR) is 105 cm³/mol. The number of aromatic nitrogens is 6. The summed E-state index contributed by atoms with van der Waals surface area (Å²) >= 11 is 1.43. The molecule has 1 amide bonds. The van der Waals surface area contributed by atoms with Crippen LogP contribution in [0.2, 0.25) is 0 Å². The van der Waals surface area contributed by atoms with E-state index >= 15 is 0 Å². The molecule has 0 fully saturated rings. The highest BCUT2D eigenvalue weighted by Gasteiger charge is 2.14. The Balaban J connectivity index is 1.42. The molecule has 0 bridgehead atoms. The zero-order valence-corrected chi connectivity index (χ0v) is 15.7. The van der Waals surface area contributed by atoms with Crippen LogP contribution in [0.3, 0.4) is 0 Å². The summed E-state index contributed by atoms with van der Waals surface area (Å²) in [4.78, 5) is 16.5. The summed E-state index contributed by atoms with van der Waals surface area (Å²) in [5, 5.41) is 20.4. The normalized spacial score (nSPS) is 10.8. The van der Waals surface area contributed by atoms with Crippen LogP contribution in [0.1, 0.15) is 21.2 Å². The van der Waals surface area contributed by atoms with Gasteiger partial charge in [-0.3, -0.25) is 4.79 Å². The molecule has 140 valence electrons. The fraction of sp³-hybridized carbons (Fsp3) is 0.111. The minimum atomic E-state index is -0.360. The number of carbonyl (C=O) groups excluding carboxylic acids is 1. The summed E-state index contributed by atoms with van der Waals surface area (Å²) in [6, 6.07) is 13.3. The van der Waals surface area contributed by atoms with E-state index in [9.17, 15) is 4.79 Å². The molecule has 0 atom stereocenters. The molecule has 0 aliphatic rings. The van der Waals surface area contributed by atoms with E-state index in [-0.39, 0.29) is 18.1 Å². The molecule has 0 saturated heterocycles. The van der Waals surface area contributed by atoms with E-state index in [4.69, 9.17) is 5.73 Å². The molecule has 1 aromatic carbocycles. The van der Waals surface area contributed by atoms with Crippen LogP contribution >= 0.6 is 11.3 Å². The average Bonchev–Trinajstić information content (AvgIpc) is 3.37. The number of nitrogen functional groups attached to an aromatic ring is 1. The molecule has 3 aromatic heterocycles. The van der Waals surface area contributed by atoms with Crippen LogP contribution in [0.25, 0.3) is 16.3 Å². The average molecular weight is 392 g/mol. The van der Waals surface area contributed by atoms with E-state index in [0.29, 0.717) is 16.5 Å². The maximum absolute atomic E-state index is 12.4. The van der Waals surface area contributed by atoms with Crippen molar-refractivity contribution >= 4 is 23.1 Å². The Bertz CT molecular complexity index is 1120. The quantitative estimate of drug-likeness (QED) is 0.532. The summed E-state index contributed by atoms with van der Waals surface area (Å²) in [7, 11) is 0. The molecule has 4 rings (SSSR count). The summed E-state index contributed by atoms with van der Waals surface area (Å²) in [5.41, 5.74) is 8.44. The summed E-state index contributed by atoms with van der Waals surface area (Å²) in [6.07, 6.45) is 1.51. The van der Waals surface area contributed by atoms with Crippen LogP contribution < -0.4 is 11.1 Å². The van der Waals surface area contributed by atoms with Crippen molar-refractivity contribution in [3.63, 3.8) is 0 Å². The smallest absolute Gasteiger partial charge is 0.273 e. The molecule has 0 aliphatic heterocycles. The Hall–Kier alpha value is -3.66. The van der Waals surface area contributed by atoms with Crippen molar-refractivity contribution in [2.45, 2.75) is 13.5 Å². The van der Waals surface area contributed by atoms with Gasteiger partial charge in [0, 0.05) is 11.3 Å². The van der Waals surface area contributed by atoms with Crippen molar-refractivity contribution in [1.29, 1.82) is 0 Å². The van der Waals surface area contributed by atoms with Gasteiger partial charge in [0.05, 0.1) is 12.7 Å². The second-order valence-corrected chi connectivity index (χ2v) is 7.02. The van der Waals surface area contributed by atoms with Crippen LogP contribution in [-0.2, 0) is 6.54 Å². The van der Waals surface area contributed by atoms with Gasteiger partial charge in [0.25, 0.3) is 5.91 Å². The molecular formula is C18H16N8OS. The fourth-order valence-corrected chi connectivity index (χ4v) is 3.30. The number of carbonyl (C=O) groups is 1. The Morgan fingerprint density at radius 3 is 2.75 bits per heavy atom. The minimum absolute atomic E-state index is 0.174. The number of aryl methyl sites for hydroxylation is 1. The number of nitrogens with one attached hydrogen (secondary N) is 1. The topological polar surface area (TPSA) is 124 Å². The molecule has 4 aromatic rings. The number of nitrogens with two attached hydrogens (primary N) is 1. The summed E-state index contributed by atoms with van der Waals surface area (Å²) in [6.45, 7) is 2.10. The van der Waals surface area contributed by atoms with Gasteiger partial charge in [-0.15, -0.1) is 15.3 Å². The highest BCUT2D eigenvalue weighted by Crippen LogP contribution is 2.22. The van der Waals surface area contributed by atoms with Gasteiger partial charge in [0.15, 0.2) is 5.69 Å². The van der Waals surface area contributed by atoms with Gasteiger partial charge >= 0.3 is 0 Å². The number of pyridine rings is 1. The minimum Gasteiger partial charge on any atom is -0.382 e. The highest BCUT2D eigenvalue weighted by atomic mass is 32.1. The monoisotopic (exact) mass is 392 g/mol. The van der Waals surface area contributed by atoms with E-state index in [1.54, 1.807) is 6.07 Å². The van der Waals surface area contributed by atoms with Gasteiger partial charge in [-0.1, -0.05) is 46.9 Å². The lowest BCUT2D eigenvalue weighted by Crippen LogP contribution is -2.23. The molecule has 9 nitrogen and oxygen atoms in total. The van der Waals surface area contributed by atoms with Gasteiger partial charge in [-0.05, 0) is 19.1 Å². The molecule has 0 radical (unpaired) electrons. The number of hydrogen-bond acceptors (Lipinski definition) is 8. The van der Waals surface area contributed by atoms with Gasteiger partial charge in [0.2, 0.25) is 0 Å². The van der Waals surface area contributed by atoms with E-state index < -0.39 is 0 Å². The Kier molecular flexibility index (Phi) is 4.77.